The fraction of sp³-hybridized carbons (Fsp3) is 0.636. The average molecular weight is 148 g/mol. The molecule has 0 saturated heterocycles. The first kappa shape index (κ1) is 8.40. The molecular weight excluding hydrogens is 132 g/mol. The van der Waals surface area contributed by atoms with Crippen molar-refractivity contribution in [1.29, 1.82) is 0 Å². The lowest BCUT2D eigenvalue weighted by Gasteiger charge is -2.06. The van der Waals surface area contributed by atoms with Crippen molar-refractivity contribution in [3.63, 3.8) is 0 Å². The fourth-order valence-corrected chi connectivity index (χ4v) is 1.05. The predicted molar refractivity (Wildman–Crippen MR) is 49.2 cm³/mol. The Morgan fingerprint density at radius 1 is 1.36 bits per heavy atom. The van der Waals surface area contributed by atoms with E-state index in [1.807, 2.05) is 0 Å². The first-order valence-corrected chi connectivity index (χ1v) is 4.30. The third-order valence-corrected chi connectivity index (χ3v) is 1.64. The third kappa shape index (κ3) is 3.28. The molecule has 0 bridgehead atoms. The van der Waals surface area contributed by atoms with Gasteiger partial charge in [-0.25, -0.2) is 0 Å². The summed E-state index contributed by atoms with van der Waals surface area (Å²) in [6.07, 6.45) is 5.99. The van der Waals surface area contributed by atoms with Crippen LogP contribution in [0, 0.1) is 17.3 Å². The van der Waals surface area contributed by atoms with Crippen LogP contribution in [-0.4, -0.2) is 0 Å². The van der Waals surface area contributed by atoms with Gasteiger partial charge in [0.1, 0.15) is 0 Å². The molecular formula is C11H16. The van der Waals surface area contributed by atoms with E-state index in [1.54, 1.807) is 0 Å². The molecule has 0 aliphatic heterocycles. The average Bonchev–Trinajstić information content (AvgIpc) is 2.32. The molecule has 0 unspecified atom stereocenters. The van der Waals surface area contributed by atoms with E-state index in [9.17, 15) is 0 Å². The summed E-state index contributed by atoms with van der Waals surface area (Å²) in [6.45, 7) is 6.44. The SMILES string of the molecule is CC(C)(C)C#CC1=CCCC1. The third-order valence-electron chi connectivity index (χ3n) is 1.64. The minimum Gasteiger partial charge on any atom is -0.0923 e. The molecule has 0 saturated carbocycles. The molecule has 0 heteroatoms. The molecule has 0 aromatic carbocycles. The highest BCUT2D eigenvalue weighted by molar-refractivity contribution is 5.32. The zero-order valence-electron chi connectivity index (χ0n) is 7.70. The van der Waals surface area contributed by atoms with E-state index >= 15 is 0 Å². The Labute approximate surface area is 69.7 Å². The van der Waals surface area contributed by atoms with Crippen LogP contribution in [0.15, 0.2) is 11.6 Å². The van der Waals surface area contributed by atoms with Gasteiger partial charge in [0.2, 0.25) is 0 Å². The molecule has 1 aliphatic rings. The van der Waals surface area contributed by atoms with E-state index in [1.165, 1.54) is 24.8 Å². The zero-order chi connectivity index (χ0) is 8.32. The number of rotatable bonds is 0. The smallest absolute Gasteiger partial charge is 0.0233 e. The Hall–Kier alpha value is -0.700. The Kier molecular flexibility index (Phi) is 2.39. The molecule has 0 aromatic heterocycles. The maximum atomic E-state index is 3.25. The van der Waals surface area contributed by atoms with Gasteiger partial charge in [-0.15, -0.1) is 0 Å². The molecule has 0 atom stereocenters. The topological polar surface area (TPSA) is 0 Å². The summed E-state index contributed by atoms with van der Waals surface area (Å²) in [7, 11) is 0. The summed E-state index contributed by atoms with van der Waals surface area (Å²) in [6, 6.07) is 0. The molecule has 0 amide bonds. The Morgan fingerprint density at radius 3 is 2.55 bits per heavy atom. The molecule has 11 heavy (non-hydrogen) atoms. The van der Waals surface area contributed by atoms with Gasteiger partial charge in [0.25, 0.3) is 0 Å². The lowest BCUT2D eigenvalue weighted by Crippen LogP contribution is -1.99. The van der Waals surface area contributed by atoms with Crippen molar-refractivity contribution >= 4 is 0 Å². The Morgan fingerprint density at radius 2 is 2.09 bits per heavy atom. The molecule has 0 fully saturated rings. The van der Waals surface area contributed by atoms with Gasteiger partial charge in [-0.2, -0.15) is 0 Å². The summed E-state index contributed by atoms with van der Waals surface area (Å²) in [5, 5.41) is 0. The van der Waals surface area contributed by atoms with Crippen LogP contribution in [0.25, 0.3) is 0 Å². The summed E-state index contributed by atoms with van der Waals surface area (Å²) < 4.78 is 0. The van der Waals surface area contributed by atoms with Gasteiger partial charge in [-0.1, -0.05) is 17.9 Å². The fourth-order valence-electron chi connectivity index (χ4n) is 1.05. The quantitative estimate of drug-likeness (QED) is 0.463. The lowest BCUT2D eigenvalue weighted by atomic mass is 9.97. The van der Waals surface area contributed by atoms with Gasteiger partial charge in [0.05, 0.1) is 0 Å². The van der Waals surface area contributed by atoms with Gasteiger partial charge in [-0.3, -0.25) is 0 Å². The van der Waals surface area contributed by atoms with Crippen LogP contribution in [0.1, 0.15) is 40.0 Å². The van der Waals surface area contributed by atoms with E-state index < -0.39 is 0 Å². The molecule has 0 heterocycles. The van der Waals surface area contributed by atoms with Crippen molar-refractivity contribution in [2.24, 2.45) is 5.41 Å². The van der Waals surface area contributed by atoms with E-state index in [4.69, 9.17) is 0 Å². The summed E-state index contributed by atoms with van der Waals surface area (Å²) in [5.41, 5.74) is 1.50. The molecule has 0 aromatic rings. The van der Waals surface area contributed by atoms with Gasteiger partial charge in [0.15, 0.2) is 0 Å². The normalized spacial score (nSPS) is 17.2. The van der Waals surface area contributed by atoms with Crippen LogP contribution in [0.2, 0.25) is 0 Å². The predicted octanol–water partition coefficient (Wildman–Crippen LogP) is 3.15. The molecule has 0 nitrogen and oxygen atoms in total. The summed E-state index contributed by atoms with van der Waals surface area (Å²) in [4.78, 5) is 0. The van der Waals surface area contributed by atoms with Gasteiger partial charge < -0.3 is 0 Å². The molecule has 60 valence electrons. The standard InChI is InChI=1S/C11H16/c1-11(2,3)9-8-10-6-4-5-7-10/h6H,4-5,7H2,1-3H3. The van der Waals surface area contributed by atoms with Crippen molar-refractivity contribution in [2.45, 2.75) is 40.0 Å². The van der Waals surface area contributed by atoms with Gasteiger partial charge in [-0.05, 0) is 45.6 Å². The molecule has 1 aliphatic carbocycles. The summed E-state index contributed by atoms with van der Waals surface area (Å²) in [5.74, 6) is 6.48. The second-order valence-corrected chi connectivity index (χ2v) is 4.12. The van der Waals surface area contributed by atoms with Crippen LogP contribution in [0.5, 0.6) is 0 Å². The monoisotopic (exact) mass is 148 g/mol. The van der Waals surface area contributed by atoms with E-state index in [0.29, 0.717) is 0 Å². The zero-order valence-corrected chi connectivity index (χ0v) is 7.70. The maximum absolute atomic E-state index is 3.25. The minimum atomic E-state index is 0.156. The highest BCUT2D eigenvalue weighted by Crippen LogP contribution is 2.17. The first-order chi connectivity index (χ1) is 5.08. The van der Waals surface area contributed by atoms with Crippen molar-refractivity contribution in [3.8, 4) is 11.8 Å². The van der Waals surface area contributed by atoms with Crippen LogP contribution >= 0.6 is 0 Å². The van der Waals surface area contributed by atoms with Gasteiger partial charge >= 0.3 is 0 Å². The van der Waals surface area contributed by atoms with Crippen molar-refractivity contribution in [1.82, 2.24) is 0 Å². The van der Waals surface area contributed by atoms with E-state index in [-0.39, 0.29) is 5.41 Å². The first-order valence-electron chi connectivity index (χ1n) is 4.30. The number of hydrogen-bond donors (Lipinski definition) is 0. The van der Waals surface area contributed by atoms with E-state index in [2.05, 4.69) is 38.7 Å². The minimum absolute atomic E-state index is 0.156. The van der Waals surface area contributed by atoms with Crippen LogP contribution < -0.4 is 0 Å². The van der Waals surface area contributed by atoms with Crippen molar-refractivity contribution in [2.75, 3.05) is 0 Å². The molecule has 0 spiro atoms. The van der Waals surface area contributed by atoms with Crippen molar-refractivity contribution < 1.29 is 0 Å². The Balaban J connectivity index is 2.56. The summed E-state index contributed by atoms with van der Waals surface area (Å²) >= 11 is 0. The van der Waals surface area contributed by atoms with Gasteiger partial charge in [0, 0.05) is 5.41 Å². The molecule has 1 rings (SSSR count). The number of hydrogen-bond acceptors (Lipinski definition) is 0. The highest BCUT2D eigenvalue weighted by atomic mass is 14.1. The van der Waals surface area contributed by atoms with Crippen LogP contribution in [0.4, 0.5) is 0 Å². The van der Waals surface area contributed by atoms with E-state index in [0.717, 1.165) is 0 Å². The molecule has 0 N–H and O–H groups in total. The number of allylic oxidation sites excluding steroid dienone is 2. The van der Waals surface area contributed by atoms with Crippen LogP contribution in [-0.2, 0) is 0 Å². The largest absolute Gasteiger partial charge is 0.0923 e. The Bertz CT molecular complexity index is 215. The van der Waals surface area contributed by atoms with Crippen molar-refractivity contribution in [3.05, 3.63) is 11.6 Å². The lowest BCUT2D eigenvalue weighted by molar-refractivity contribution is 0.571. The van der Waals surface area contributed by atoms with Crippen LogP contribution in [0.3, 0.4) is 0 Å². The second kappa shape index (κ2) is 3.13. The second-order valence-electron chi connectivity index (χ2n) is 4.12. The highest BCUT2D eigenvalue weighted by Gasteiger charge is 2.05. The molecule has 0 radical (unpaired) electrons. The maximum Gasteiger partial charge on any atom is 0.0233 e.